The Bertz CT molecular complexity index is 1040. The average molecular weight is 467 g/mol. The molecule has 0 aromatic carbocycles. The van der Waals surface area contributed by atoms with Crippen molar-refractivity contribution in [1.29, 1.82) is 0 Å². The fourth-order valence-corrected chi connectivity index (χ4v) is 6.25. The number of Topliss-reactive ketones (excluding diaryl/α,β-unsaturated/α-hetero) is 3. The number of ether oxygens (including phenoxy) is 1. The van der Waals surface area contributed by atoms with Gasteiger partial charge < -0.3 is 4.74 Å². The second kappa shape index (κ2) is 8.46. The van der Waals surface area contributed by atoms with Gasteiger partial charge in [-0.15, -0.1) is 0 Å². The second-order valence-corrected chi connectivity index (χ2v) is 12.4. The molecule has 34 heavy (non-hydrogen) atoms. The Hall–Kier alpha value is -2.23. The van der Waals surface area contributed by atoms with Gasteiger partial charge in [0.2, 0.25) is 0 Å². The van der Waals surface area contributed by atoms with E-state index in [9.17, 15) is 14.4 Å². The van der Waals surface area contributed by atoms with E-state index < -0.39 is 27.8 Å². The van der Waals surface area contributed by atoms with Crippen LogP contribution < -0.4 is 0 Å². The summed E-state index contributed by atoms with van der Waals surface area (Å²) < 4.78 is 6.35. The van der Waals surface area contributed by atoms with Gasteiger partial charge in [0.1, 0.15) is 11.4 Å². The van der Waals surface area contributed by atoms with Gasteiger partial charge in [-0.25, -0.2) is 0 Å². The molecule has 2 bridgehead atoms. The Morgan fingerprint density at radius 1 is 1.06 bits per heavy atom. The monoisotopic (exact) mass is 466 g/mol. The zero-order valence-corrected chi connectivity index (χ0v) is 22.7. The number of carbonyl (C=O) groups excluding carboxylic acids is 3. The van der Waals surface area contributed by atoms with E-state index in [4.69, 9.17) is 4.74 Å². The molecule has 1 saturated carbocycles. The molecular weight excluding hydrogens is 424 g/mol. The molecule has 4 heteroatoms. The van der Waals surface area contributed by atoms with Crippen LogP contribution in [-0.4, -0.2) is 23.0 Å². The molecule has 0 aromatic heterocycles. The number of allylic oxidation sites excluding steroid dienone is 7. The topological polar surface area (TPSA) is 60.4 Å². The number of rotatable bonds is 6. The van der Waals surface area contributed by atoms with Crippen LogP contribution in [0.5, 0.6) is 0 Å². The van der Waals surface area contributed by atoms with Crippen LogP contribution in [0.3, 0.4) is 0 Å². The fourth-order valence-electron chi connectivity index (χ4n) is 6.25. The quantitative estimate of drug-likeness (QED) is 0.322. The zero-order valence-electron chi connectivity index (χ0n) is 22.7. The van der Waals surface area contributed by atoms with Crippen LogP contribution in [0.25, 0.3) is 0 Å². The summed E-state index contributed by atoms with van der Waals surface area (Å²) in [4.78, 5) is 43.3. The molecule has 3 rings (SSSR count). The molecule has 0 N–H and O–H groups in total. The zero-order chi connectivity index (χ0) is 25.9. The minimum atomic E-state index is -1.73. The Kier molecular flexibility index (Phi) is 6.56. The predicted molar refractivity (Wildman–Crippen MR) is 136 cm³/mol. The molecule has 1 heterocycles. The van der Waals surface area contributed by atoms with Crippen molar-refractivity contribution in [2.24, 2.45) is 28.1 Å². The van der Waals surface area contributed by atoms with Crippen LogP contribution in [0.15, 0.2) is 46.8 Å². The first-order chi connectivity index (χ1) is 15.5. The van der Waals surface area contributed by atoms with E-state index in [0.717, 1.165) is 5.57 Å². The highest BCUT2D eigenvalue weighted by Gasteiger charge is 2.75. The highest BCUT2D eigenvalue weighted by Crippen LogP contribution is 2.67. The minimum Gasteiger partial charge on any atom is -0.486 e. The Balaban J connectivity index is 2.42. The summed E-state index contributed by atoms with van der Waals surface area (Å²) in [6.07, 6.45) is 9.69. The number of hydrogen-bond donors (Lipinski definition) is 0. The van der Waals surface area contributed by atoms with Crippen molar-refractivity contribution in [3.8, 4) is 0 Å². The van der Waals surface area contributed by atoms with Crippen LogP contribution in [0, 0.1) is 28.1 Å². The maximum absolute atomic E-state index is 14.6. The van der Waals surface area contributed by atoms with E-state index in [1.54, 1.807) is 19.9 Å². The molecule has 4 unspecified atom stereocenters. The first kappa shape index (κ1) is 26.4. The summed E-state index contributed by atoms with van der Waals surface area (Å²) >= 11 is 0. The van der Waals surface area contributed by atoms with Gasteiger partial charge in [0.05, 0.1) is 11.0 Å². The summed E-state index contributed by atoms with van der Waals surface area (Å²) in [6.45, 7) is 19.5. The van der Waals surface area contributed by atoms with Crippen LogP contribution in [0.1, 0.15) is 88.5 Å². The van der Waals surface area contributed by atoms with Crippen LogP contribution in [-0.2, 0) is 19.1 Å². The van der Waals surface area contributed by atoms with Gasteiger partial charge in [0.25, 0.3) is 0 Å². The first-order valence-corrected chi connectivity index (χ1v) is 12.6. The largest absolute Gasteiger partial charge is 0.486 e. The number of ketones is 3. The number of carbonyl (C=O) groups is 3. The molecule has 1 aliphatic heterocycles. The van der Waals surface area contributed by atoms with Crippen LogP contribution in [0.2, 0.25) is 0 Å². The summed E-state index contributed by atoms with van der Waals surface area (Å²) in [5.74, 6) is -0.941. The van der Waals surface area contributed by atoms with Gasteiger partial charge >= 0.3 is 0 Å². The van der Waals surface area contributed by atoms with Crippen LogP contribution in [0.4, 0.5) is 0 Å². The predicted octanol–water partition coefficient (Wildman–Crippen LogP) is 6.71. The van der Waals surface area contributed by atoms with Crippen molar-refractivity contribution in [2.75, 3.05) is 0 Å². The van der Waals surface area contributed by atoms with Crippen LogP contribution >= 0.6 is 0 Å². The Labute approximate surface area is 205 Å². The fraction of sp³-hybridized carbons (Fsp3) is 0.633. The second-order valence-electron chi connectivity index (χ2n) is 12.4. The normalized spacial score (nSPS) is 33.9. The summed E-state index contributed by atoms with van der Waals surface area (Å²) in [7, 11) is 0. The molecule has 0 spiro atoms. The van der Waals surface area contributed by atoms with E-state index in [0.29, 0.717) is 30.6 Å². The SMILES string of the molecule is CC(C)=CCC1CC2(C)C(=O)C(C(=O)C(C)C)(C(=O)C3=C2OC(C)(C)C=C3)C1(C)CC=C(C)C. The average Bonchev–Trinajstić information content (AvgIpc) is 2.72. The molecule has 0 amide bonds. The van der Waals surface area contributed by atoms with Gasteiger partial charge in [-0.1, -0.05) is 44.1 Å². The van der Waals surface area contributed by atoms with E-state index in [-0.39, 0.29) is 23.3 Å². The lowest BCUT2D eigenvalue weighted by Crippen LogP contribution is -2.71. The molecule has 4 atom stereocenters. The van der Waals surface area contributed by atoms with E-state index in [1.807, 2.05) is 47.6 Å². The maximum Gasteiger partial charge on any atom is 0.187 e. The van der Waals surface area contributed by atoms with Crippen molar-refractivity contribution in [3.63, 3.8) is 0 Å². The Morgan fingerprint density at radius 3 is 2.18 bits per heavy atom. The molecule has 0 saturated heterocycles. The molecular formula is C30H42O4. The lowest BCUT2D eigenvalue weighted by atomic mass is 9.38. The highest BCUT2D eigenvalue weighted by atomic mass is 16.5. The molecule has 3 aliphatic rings. The molecule has 4 nitrogen and oxygen atoms in total. The van der Waals surface area contributed by atoms with Crippen molar-refractivity contribution < 1.29 is 19.1 Å². The van der Waals surface area contributed by atoms with Crippen molar-refractivity contribution in [3.05, 3.63) is 46.8 Å². The van der Waals surface area contributed by atoms with Crippen molar-refractivity contribution >= 4 is 17.3 Å². The third kappa shape index (κ3) is 3.69. The lowest BCUT2D eigenvalue weighted by Gasteiger charge is -2.61. The Morgan fingerprint density at radius 2 is 1.65 bits per heavy atom. The third-order valence-electron chi connectivity index (χ3n) is 8.24. The smallest absolute Gasteiger partial charge is 0.187 e. The van der Waals surface area contributed by atoms with Gasteiger partial charge in [-0.05, 0) is 85.8 Å². The van der Waals surface area contributed by atoms with E-state index in [2.05, 4.69) is 26.0 Å². The molecule has 0 aromatic rings. The lowest BCUT2D eigenvalue weighted by molar-refractivity contribution is -0.180. The highest BCUT2D eigenvalue weighted by molar-refractivity contribution is 6.34. The first-order valence-electron chi connectivity index (χ1n) is 12.6. The minimum absolute atomic E-state index is 0.0426. The van der Waals surface area contributed by atoms with Gasteiger partial charge in [0.15, 0.2) is 22.8 Å². The molecule has 0 radical (unpaired) electrons. The summed E-state index contributed by atoms with van der Waals surface area (Å²) in [5, 5.41) is 0. The molecule has 186 valence electrons. The molecule has 1 fully saturated rings. The standard InChI is InChI=1S/C30H42O4/c1-18(2)11-12-21-17-28(9)25-22(14-15-27(7,8)34-25)24(32)30(26(28)33,23(31)20(5)6)29(21,10)16-13-19(3)4/h11,13-15,20-21H,12,16-17H2,1-10H3. The maximum atomic E-state index is 14.6. The number of hydrogen-bond acceptors (Lipinski definition) is 4. The van der Waals surface area contributed by atoms with E-state index >= 15 is 0 Å². The van der Waals surface area contributed by atoms with Crippen molar-refractivity contribution in [2.45, 2.75) is 94.1 Å². The van der Waals surface area contributed by atoms with Gasteiger partial charge in [-0.2, -0.15) is 0 Å². The summed E-state index contributed by atoms with van der Waals surface area (Å²) in [5.41, 5.74) is -1.52. The van der Waals surface area contributed by atoms with Gasteiger partial charge in [0, 0.05) is 11.3 Å². The number of fused-ring (bicyclic) bond motifs is 3. The summed E-state index contributed by atoms with van der Waals surface area (Å²) in [6, 6.07) is 0. The third-order valence-corrected chi connectivity index (χ3v) is 8.24. The van der Waals surface area contributed by atoms with E-state index in [1.165, 1.54) is 5.57 Å². The van der Waals surface area contributed by atoms with Crippen molar-refractivity contribution in [1.82, 2.24) is 0 Å². The van der Waals surface area contributed by atoms with Gasteiger partial charge in [-0.3, -0.25) is 14.4 Å². The molecule has 2 aliphatic carbocycles.